The molecule has 0 saturated heterocycles. The second kappa shape index (κ2) is 11.7. The van der Waals surface area contributed by atoms with Crippen molar-refractivity contribution in [2.75, 3.05) is 9.80 Å². The van der Waals surface area contributed by atoms with Crippen molar-refractivity contribution < 1.29 is 9.47 Å². The van der Waals surface area contributed by atoms with Crippen molar-refractivity contribution in [3.8, 4) is 47.3 Å². The lowest BCUT2D eigenvalue weighted by atomic mass is 9.30. The van der Waals surface area contributed by atoms with Gasteiger partial charge < -0.3 is 19.3 Å². The van der Waals surface area contributed by atoms with Crippen LogP contribution in [0.3, 0.4) is 0 Å². The number of nitriles is 4. The predicted octanol–water partition coefficient (Wildman–Crippen LogP) is 5.98. The average molecular weight is 712 g/mol. The van der Waals surface area contributed by atoms with Crippen molar-refractivity contribution in [2.24, 2.45) is 0 Å². The Bertz CT molecular complexity index is 2870. The third-order valence-electron chi connectivity index (χ3n) is 11.3. The maximum atomic E-state index is 10.6. The third-order valence-corrected chi connectivity index (χ3v) is 11.3. The molecule has 0 spiro atoms. The molecule has 0 atom stereocenters. The van der Waals surface area contributed by atoms with Crippen LogP contribution in [0.5, 0.6) is 23.0 Å². The molecule has 8 nitrogen and oxygen atoms in total. The van der Waals surface area contributed by atoms with Gasteiger partial charge in [-0.15, -0.1) is 0 Å². The van der Waals surface area contributed by atoms with Crippen LogP contribution >= 0.6 is 0 Å². The molecular weight excluding hydrogens is 690 g/mol. The monoisotopic (exact) mass is 712 g/mol. The average Bonchev–Trinajstić information content (AvgIpc) is 3.26. The summed E-state index contributed by atoms with van der Waals surface area (Å²) in [5.74, 6) is 1.82. The van der Waals surface area contributed by atoms with Gasteiger partial charge in [0.2, 0.25) is 0 Å². The summed E-state index contributed by atoms with van der Waals surface area (Å²) in [5, 5.41) is 42.2. The van der Waals surface area contributed by atoms with Gasteiger partial charge in [-0.1, -0.05) is 78.9 Å². The lowest BCUT2D eigenvalue weighted by molar-refractivity contribution is 0.464. The van der Waals surface area contributed by atoms with E-state index in [0.29, 0.717) is 45.5 Å². The fraction of sp³-hybridized carbons (Fsp3) is 0. The van der Waals surface area contributed by atoms with E-state index in [4.69, 9.17) is 9.47 Å². The number of hydrogen-bond acceptors (Lipinski definition) is 8. The first-order valence-corrected chi connectivity index (χ1v) is 18.1. The van der Waals surface area contributed by atoms with Gasteiger partial charge in [-0.2, -0.15) is 21.0 Å². The van der Waals surface area contributed by atoms with Crippen LogP contribution in [0, 0.1) is 45.3 Å². The van der Waals surface area contributed by atoms with Crippen LogP contribution in [0.2, 0.25) is 0 Å². The highest BCUT2D eigenvalue weighted by molar-refractivity contribution is 7.02. The summed E-state index contributed by atoms with van der Waals surface area (Å²) in [7, 11) is 0. The van der Waals surface area contributed by atoms with Gasteiger partial charge in [0, 0.05) is 28.8 Å². The molecule has 0 fully saturated rings. The number of anilines is 6. The number of para-hydroxylation sites is 4. The van der Waals surface area contributed by atoms with Crippen molar-refractivity contribution in [3.63, 3.8) is 0 Å². The molecule has 4 heterocycles. The molecule has 56 heavy (non-hydrogen) atoms. The molecule has 254 valence electrons. The fourth-order valence-electron chi connectivity index (χ4n) is 9.13. The van der Waals surface area contributed by atoms with Crippen molar-refractivity contribution in [3.05, 3.63) is 156 Å². The van der Waals surface area contributed by atoms with Crippen LogP contribution in [0.4, 0.5) is 34.1 Å². The fourth-order valence-corrected chi connectivity index (χ4v) is 9.13. The number of ether oxygens (including phenoxy) is 2. The predicted molar refractivity (Wildman–Crippen MR) is 217 cm³/mol. The van der Waals surface area contributed by atoms with E-state index in [2.05, 4.69) is 64.4 Å². The highest BCUT2D eigenvalue weighted by Gasteiger charge is 2.48. The van der Waals surface area contributed by atoms with E-state index in [-0.39, 0.29) is 11.1 Å². The molecule has 11 rings (SSSR count). The maximum absolute atomic E-state index is 10.6. The maximum Gasteiger partial charge on any atom is 0.256 e. The topological polar surface area (TPSA) is 120 Å². The zero-order valence-corrected chi connectivity index (χ0v) is 29.4. The zero-order valence-electron chi connectivity index (χ0n) is 29.4. The summed E-state index contributed by atoms with van der Waals surface area (Å²) in [6.45, 7) is -0.822. The summed E-state index contributed by atoms with van der Waals surface area (Å²) >= 11 is 0. The number of benzene rings is 7. The lowest BCUT2D eigenvalue weighted by Crippen LogP contribution is -2.63. The van der Waals surface area contributed by atoms with E-state index in [0.717, 1.165) is 55.5 Å². The Kier molecular flexibility index (Phi) is 6.53. The second-order valence-electron chi connectivity index (χ2n) is 14.0. The van der Waals surface area contributed by atoms with Crippen molar-refractivity contribution in [2.45, 2.75) is 0 Å². The van der Waals surface area contributed by atoms with Crippen LogP contribution in [0.1, 0.15) is 22.3 Å². The van der Waals surface area contributed by atoms with Crippen LogP contribution in [0.15, 0.2) is 133 Å². The number of hydrogen-bond donors (Lipinski definition) is 0. The first-order valence-electron chi connectivity index (χ1n) is 18.1. The van der Waals surface area contributed by atoms with Crippen LogP contribution in [-0.2, 0) is 0 Å². The largest absolute Gasteiger partial charge is 0.457 e. The van der Waals surface area contributed by atoms with E-state index in [9.17, 15) is 21.0 Å². The molecule has 0 bridgehead atoms. The Labute approximate surface area is 322 Å². The quantitative estimate of drug-likeness (QED) is 0.201. The van der Waals surface area contributed by atoms with Crippen LogP contribution < -0.4 is 52.1 Å². The Morgan fingerprint density at radius 3 is 1.21 bits per heavy atom. The van der Waals surface area contributed by atoms with Gasteiger partial charge in [0.15, 0.2) is 0 Å². The summed E-state index contributed by atoms with van der Waals surface area (Å²) in [6.07, 6.45) is 0. The Hall–Kier alpha value is -8.17. The molecule has 4 aliphatic heterocycles. The van der Waals surface area contributed by atoms with Gasteiger partial charge in [-0.25, -0.2) is 0 Å². The minimum atomic E-state index is -0.411. The minimum absolute atomic E-state index is 0.259. The van der Waals surface area contributed by atoms with Gasteiger partial charge in [-0.05, 0) is 81.3 Å². The molecular formula is C46H22B2N6O2. The van der Waals surface area contributed by atoms with Gasteiger partial charge in [0.05, 0.1) is 33.6 Å². The van der Waals surface area contributed by atoms with Crippen molar-refractivity contribution in [1.82, 2.24) is 0 Å². The van der Waals surface area contributed by atoms with Crippen molar-refractivity contribution >= 4 is 80.3 Å². The Morgan fingerprint density at radius 2 is 0.804 bits per heavy atom. The van der Waals surface area contributed by atoms with Gasteiger partial charge in [0.25, 0.3) is 13.4 Å². The molecule has 7 aromatic rings. The smallest absolute Gasteiger partial charge is 0.256 e. The molecule has 0 radical (unpaired) electrons. The highest BCUT2D eigenvalue weighted by Crippen LogP contribution is 2.46. The molecule has 0 saturated carbocycles. The first-order chi connectivity index (χ1) is 27.6. The summed E-state index contributed by atoms with van der Waals surface area (Å²) in [5.41, 5.74) is 11.3. The van der Waals surface area contributed by atoms with E-state index in [1.54, 1.807) is 12.1 Å². The summed E-state index contributed by atoms with van der Waals surface area (Å²) in [6, 6.07) is 52.7. The Balaban J connectivity index is 1.21. The number of nitrogens with zero attached hydrogens (tertiary/aromatic N) is 6. The SMILES string of the molecule is N#Cc1cc(C#N)c2c3c1Oc1cc4c(cc1B3c1ccccc1N2c1ccccc1)B1c2ccccc2N(c2ccccc2)c2c(C#N)cc(C#N)c(c21)O4. The molecule has 10 heteroatoms. The molecule has 0 aromatic heterocycles. The molecule has 4 aliphatic rings. The normalized spacial score (nSPS) is 13.1. The molecule has 7 aromatic carbocycles. The summed E-state index contributed by atoms with van der Waals surface area (Å²) < 4.78 is 13.6. The van der Waals surface area contributed by atoms with Crippen molar-refractivity contribution in [1.29, 1.82) is 21.0 Å². The van der Waals surface area contributed by atoms with E-state index in [1.165, 1.54) is 0 Å². The first kappa shape index (κ1) is 31.4. The van der Waals surface area contributed by atoms with Gasteiger partial charge >= 0.3 is 0 Å². The lowest BCUT2D eigenvalue weighted by Gasteiger charge is -2.42. The van der Waals surface area contributed by atoms with Gasteiger partial charge in [0.1, 0.15) is 47.3 Å². The number of fused-ring (bicyclic) bond motifs is 8. The number of rotatable bonds is 2. The molecule has 0 aliphatic carbocycles. The Morgan fingerprint density at radius 1 is 0.411 bits per heavy atom. The van der Waals surface area contributed by atoms with E-state index < -0.39 is 13.4 Å². The molecule has 0 N–H and O–H groups in total. The molecule has 0 amide bonds. The van der Waals surface area contributed by atoms with E-state index in [1.807, 2.05) is 91.0 Å². The second-order valence-corrected chi connectivity index (χ2v) is 14.0. The summed E-state index contributed by atoms with van der Waals surface area (Å²) in [4.78, 5) is 4.18. The highest BCUT2D eigenvalue weighted by atomic mass is 16.5. The van der Waals surface area contributed by atoms with Gasteiger partial charge in [-0.3, -0.25) is 0 Å². The van der Waals surface area contributed by atoms with E-state index >= 15 is 0 Å². The third kappa shape index (κ3) is 4.10. The minimum Gasteiger partial charge on any atom is -0.457 e. The standard InChI is InChI=1S/C46H22B2N6O2/c49-23-27-19-29(25-51)45-41-43(27)53(31-11-3-1-4-12-31)37-17-9-7-15-33(37)47(41)35-21-36-40(22-39(35)55-45)56-46-30(26-52)20-28(24-50)44-42(46)48(36)34-16-8-10-18-38(34)54(44)32-13-5-2-6-14-32/h1-22H. The van der Waals surface area contributed by atoms with Crippen LogP contribution in [-0.4, -0.2) is 13.4 Å². The molecule has 0 unspecified atom stereocenters. The zero-order chi connectivity index (χ0) is 37.7. The van der Waals surface area contributed by atoms with Crippen LogP contribution in [0.25, 0.3) is 0 Å².